The van der Waals surface area contributed by atoms with Crippen LogP contribution in [-0.4, -0.2) is 20.8 Å². The number of sulfone groups is 1. The highest BCUT2D eigenvalue weighted by Gasteiger charge is 2.12. The van der Waals surface area contributed by atoms with Crippen molar-refractivity contribution in [1.29, 1.82) is 0 Å². The number of benzene rings is 1. The van der Waals surface area contributed by atoms with E-state index in [1.54, 1.807) is 30.3 Å². The Morgan fingerprint density at radius 3 is 2.38 bits per heavy atom. The van der Waals surface area contributed by atoms with E-state index in [0.717, 1.165) is 0 Å². The molecule has 0 N–H and O–H groups in total. The van der Waals surface area contributed by atoms with Gasteiger partial charge >= 0.3 is 0 Å². The summed E-state index contributed by atoms with van der Waals surface area (Å²) in [7, 11) is -1.13. The minimum absolute atomic E-state index is 0.0144. The summed E-state index contributed by atoms with van der Waals surface area (Å²) < 4.78 is 27.6. The molecule has 0 heterocycles. The van der Waals surface area contributed by atoms with Gasteiger partial charge in [-0.15, -0.1) is 0 Å². The molecule has 1 rings (SSSR count). The lowest BCUT2D eigenvalue weighted by Gasteiger charge is -2.02. The van der Waals surface area contributed by atoms with Crippen molar-refractivity contribution >= 4 is 19.3 Å². The van der Waals surface area contributed by atoms with Crippen LogP contribution in [0.15, 0.2) is 35.2 Å². The molecule has 1 atom stereocenters. The third-order valence-corrected chi connectivity index (χ3v) is 3.50. The zero-order valence-corrected chi connectivity index (χ0v) is 8.98. The maximum absolute atomic E-state index is 11.5. The molecule has 5 heteroatoms. The molecule has 13 heavy (non-hydrogen) atoms. The quantitative estimate of drug-likeness (QED) is 0.715. The summed E-state index contributed by atoms with van der Waals surface area (Å²) in [6.45, 7) is 0.196. The van der Waals surface area contributed by atoms with Gasteiger partial charge in [0.2, 0.25) is 0 Å². The van der Waals surface area contributed by atoms with Crippen LogP contribution in [0, 0.1) is 0 Å². The predicted molar refractivity (Wildman–Crippen MR) is 54.2 cm³/mol. The Labute approximate surface area is 80.3 Å². The Hall–Kier alpha value is -0.440. The first-order valence-corrected chi connectivity index (χ1v) is 5.88. The predicted octanol–water partition coefficient (Wildman–Crippen LogP) is 1.27. The first-order valence-electron chi connectivity index (χ1n) is 3.76. The van der Waals surface area contributed by atoms with Crippen molar-refractivity contribution < 1.29 is 12.9 Å². The first-order chi connectivity index (χ1) is 6.17. The summed E-state index contributed by atoms with van der Waals surface area (Å²) in [6.07, 6.45) is 0. The minimum atomic E-state index is -3.16. The van der Waals surface area contributed by atoms with E-state index in [4.69, 9.17) is 0 Å². The molecule has 72 valence electrons. The zero-order chi connectivity index (χ0) is 9.73. The Bertz CT molecular complexity index is 347. The van der Waals surface area contributed by atoms with Gasteiger partial charge in [-0.05, 0) is 12.1 Å². The van der Waals surface area contributed by atoms with Crippen molar-refractivity contribution in [2.24, 2.45) is 0 Å². The van der Waals surface area contributed by atoms with Gasteiger partial charge in [0.25, 0.3) is 0 Å². The lowest BCUT2D eigenvalue weighted by atomic mass is 10.4. The van der Waals surface area contributed by atoms with Crippen LogP contribution < -0.4 is 0 Å². The van der Waals surface area contributed by atoms with Crippen LogP contribution in [0.2, 0.25) is 0 Å². The summed E-state index contributed by atoms with van der Waals surface area (Å²) in [5.74, 6) is 0.0144. The molecule has 0 saturated carbocycles. The maximum atomic E-state index is 11.5. The van der Waals surface area contributed by atoms with Gasteiger partial charge in [0.15, 0.2) is 9.84 Å². The molecule has 0 spiro atoms. The Balaban J connectivity index is 2.83. The molecule has 0 bridgehead atoms. The topological polar surface area (TPSA) is 43.4 Å². The molecule has 1 aromatic rings. The van der Waals surface area contributed by atoms with E-state index in [-0.39, 0.29) is 12.4 Å². The lowest BCUT2D eigenvalue weighted by Crippen LogP contribution is -2.10. The third-order valence-electron chi connectivity index (χ3n) is 1.57. The summed E-state index contributed by atoms with van der Waals surface area (Å²) in [5, 5.41) is 0. The highest BCUT2D eigenvalue weighted by molar-refractivity contribution is 7.91. The van der Waals surface area contributed by atoms with E-state index in [9.17, 15) is 8.42 Å². The van der Waals surface area contributed by atoms with Gasteiger partial charge in [-0.25, -0.2) is 8.42 Å². The van der Waals surface area contributed by atoms with Crippen molar-refractivity contribution in [3.8, 4) is 0 Å². The molecular weight excluding hydrogens is 207 g/mol. The molecule has 0 radical (unpaired) electrons. The summed E-state index contributed by atoms with van der Waals surface area (Å²) in [6, 6.07) is 8.35. The number of hydrogen-bond donors (Lipinski definition) is 0. The van der Waals surface area contributed by atoms with Crippen LogP contribution in [0.25, 0.3) is 0 Å². The fraction of sp³-hybridized carbons (Fsp3) is 0.250. The molecule has 1 unspecified atom stereocenters. The maximum Gasteiger partial charge on any atom is 0.180 e. The van der Waals surface area contributed by atoms with Crippen LogP contribution >= 0.6 is 9.47 Å². The molecule has 0 fully saturated rings. The summed E-state index contributed by atoms with van der Waals surface area (Å²) in [4.78, 5) is 0.344. The van der Waals surface area contributed by atoms with Crippen LogP contribution in [0.3, 0.4) is 0 Å². The van der Waals surface area contributed by atoms with Crippen molar-refractivity contribution in [3.05, 3.63) is 30.3 Å². The molecule has 0 saturated heterocycles. The highest BCUT2D eigenvalue weighted by Crippen LogP contribution is 2.09. The zero-order valence-electron chi connectivity index (χ0n) is 7.01. The second kappa shape index (κ2) is 4.70. The summed E-state index contributed by atoms with van der Waals surface area (Å²) >= 11 is 0. The number of hydrogen-bond acceptors (Lipinski definition) is 3. The van der Waals surface area contributed by atoms with E-state index < -0.39 is 9.84 Å². The first kappa shape index (κ1) is 10.6. The second-order valence-corrected chi connectivity index (χ2v) is 4.95. The SMILES string of the molecule is O=S(=O)(CCOP)c1ccccc1. The molecular formula is C8H11O3PS. The summed E-state index contributed by atoms with van der Waals surface area (Å²) in [5.41, 5.74) is 0. The minimum Gasteiger partial charge on any atom is -0.365 e. The van der Waals surface area contributed by atoms with Gasteiger partial charge in [0.05, 0.1) is 17.3 Å². The highest BCUT2D eigenvalue weighted by atomic mass is 32.2. The molecule has 1 aromatic carbocycles. The average molecular weight is 218 g/mol. The van der Waals surface area contributed by atoms with Gasteiger partial charge in [-0.3, -0.25) is 0 Å². The van der Waals surface area contributed by atoms with E-state index in [2.05, 4.69) is 4.52 Å². The van der Waals surface area contributed by atoms with Crippen molar-refractivity contribution in [1.82, 2.24) is 0 Å². The van der Waals surface area contributed by atoms with E-state index in [0.29, 0.717) is 4.90 Å². The molecule has 3 nitrogen and oxygen atoms in total. The van der Waals surface area contributed by atoms with E-state index >= 15 is 0 Å². The fourth-order valence-corrected chi connectivity index (χ4v) is 2.32. The van der Waals surface area contributed by atoms with Crippen LogP contribution in [0.1, 0.15) is 0 Å². The van der Waals surface area contributed by atoms with Crippen LogP contribution in [0.4, 0.5) is 0 Å². The van der Waals surface area contributed by atoms with Gasteiger partial charge in [-0.1, -0.05) is 18.2 Å². The van der Waals surface area contributed by atoms with Crippen LogP contribution in [0.5, 0.6) is 0 Å². The Morgan fingerprint density at radius 1 is 1.23 bits per heavy atom. The van der Waals surface area contributed by atoms with Crippen molar-refractivity contribution in [2.75, 3.05) is 12.4 Å². The molecule has 0 aromatic heterocycles. The average Bonchev–Trinajstić information content (AvgIpc) is 2.16. The van der Waals surface area contributed by atoms with Gasteiger partial charge < -0.3 is 4.52 Å². The standard InChI is InChI=1S/C8H11O3PS/c9-13(10,7-6-11-12)8-4-2-1-3-5-8/h1-5H,6-7,12H2. The van der Waals surface area contributed by atoms with Gasteiger partial charge in [0.1, 0.15) is 0 Å². The van der Waals surface area contributed by atoms with Gasteiger partial charge in [0, 0.05) is 9.47 Å². The smallest absolute Gasteiger partial charge is 0.180 e. The Morgan fingerprint density at radius 2 is 1.85 bits per heavy atom. The molecule has 0 aliphatic carbocycles. The second-order valence-electron chi connectivity index (χ2n) is 2.50. The third kappa shape index (κ3) is 3.07. The largest absolute Gasteiger partial charge is 0.365 e. The van der Waals surface area contributed by atoms with Crippen LogP contribution in [-0.2, 0) is 14.4 Å². The fourth-order valence-electron chi connectivity index (χ4n) is 0.904. The molecule has 0 aliphatic rings. The van der Waals surface area contributed by atoms with Crippen molar-refractivity contribution in [3.63, 3.8) is 0 Å². The molecule has 0 aliphatic heterocycles. The normalized spacial score (nSPS) is 11.5. The van der Waals surface area contributed by atoms with E-state index in [1.807, 2.05) is 9.47 Å². The van der Waals surface area contributed by atoms with Gasteiger partial charge in [-0.2, -0.15) is 0 Å². The monoisotopic (exact) mass is 218 g/mol. The Kier molecular flexibility index (Phi) is 3.85. The lowest BCUT2D eigenvalue weighted by molar-refractivity contribution is 0.399. The van der Waals surface area contributed by atoms with E-state index in [1.165, 1.54) is 0 Å². The van der Waals surface area contributed by atoms with Crippen molar-refractivity contribution in [2.45, 2.75) is 4.90 Å². The number of rotatable bonds is 4. The molecule has 0 amide bonds.